The third kappa shape index (κ3) is 5.90. The van der Waals surface area contributed by atoms with Crippen LogP contribution in [0.25, 0.3) is 0 Å². The van der Waals surface area contributed by atoms with Gasteiger partial charge in [0, 0.05) is 12.6 Å². The summed E-state index contributed by atoms with van der Waals surface area (Å²) in [5.41, 5.74) is 0.498. The van der Waals surface area contributed by atoms with Crippen molar-refractivity contribution in [3.05, 3.63) is 0 Å². The van der Waals surface area contributed by atoms with Crippen LogP contribution in [-0.2, 0) is 0 Å². The van der Waals surface area contributed by atoms with Gasteiger partial charge in [0.1, 0.15) is 0 Å². The summed E-state index contributed by atoms with van der Waals surface area (Å²) in [7, 11) is 0. The highest BCUT2D eigenvalue weighted by molar-refractivity contribution is 4.81. The molecule has 2 nitrogen and oxygen atoms in total. The highest BCUT2D eigenvalue weighted by atomic mass is 15.1. The first-order chi connectivity index (χ1) is 9.95. The number of rotatable bonds is 5. The van der Waals surface area contributed by atoms with Crippen molar-refractivity contribution in [1.82, 2.24) is 10.2 Å². The molecule has 2 aliphatic rings. The summed E-state index contributed by atoms with van der Waals surface area (Å²) in [6, 6.07) is 0.776. The van der Waals surface area contributed by atoms with Gasteiger partial charge in [-0.3, -0.25) is 0 Å². The zero-order valence-electron chi connectivity index (χ0n) is 15.0. The second kappa shape index (κ2) is 7.97. The molecule has 1 N–H and O–H groups in total. The monoisotopic (exact) mass is 294 g/mol. The SMILES string of the molecule is CC(CNC1CCCC(C(C)(C)C)CC1)CN1CCCC1. The summed E-state index contributed by atoms with van der Waals surface area (Å²) in [4.78, 5) is 2.65. The molecular weight excluding hydrogens is 256 g/mol. The lowest BCUT2D eigenvalue weighted by Crippen LogP contribution is -2.36. The minimum atomic E-state index is 0.498. The Morgan fingerprint density at radius 1 is 1.00 bits per heavy atom. The van der Waals surface area contributed by atoms with Gasteiger partial charge in [-0.1, -0.05) is 34.1 Å². The smallest absolute Gasteiger partial charge is 0.00672 e. The Morgan fingerprint density at radius 2 is 1.71 bits per heavy atom. The summed E-state index contributed by atoms with van der Waals surface area (Å²) in [5.74, 6) is 1.72. The maximum absolute atomic E-state index is 3.88. The van der Waals surface area contributed by atoms with Gasteiger partial charge in [-0.15, -0.1) is 0 Å². The fourth-order valence-electron chi connectivity index (χ4n) is 4.21. The summed E-state index contributed by atoms with van der Waals surface area (Å²) in [6.07, 6.45) is 9.88. The molecule has 0 aromatic heterocycles. The molecule has 124 valence electrons. The van der Waals surface area contributed by atoms with Crippen LogP contribution in [0.5, 0.6) is 0 Å². The Morgan fingerprint density at radius 3 is 2.38 bits per heavy atom. The number of hydrogen-bond acceptors (Lipinski definition) is 2. The highest BCUT2D eigenvalue weighted by Crippen LogP contribution is 2.36. The van der Waals surface area contributed by atoms with Crippen molar-refractivity contribution >= 4 is 0 Å². The minimum absolute atomic E-state index is 0.498. The summed E-state index contributed by atoms with van der Waals surface area (Å²) in [6.45, 7) is 14.9. The molecule has 0 amide bonds. The maximum atomic E-state index is 3.88. The van der Waals surface area contributed by atoms with Gasteiger partial charge in [-0.2, -0.15) is 0 Å². The second-order valence-electron chi connectivity index (χ2n) is 8.79. The van der Waals surface area contributed by atoms with E-state index in [2.05, 4.69) is 37.9 Å². The highest BCUT2D eigenvalue weighted by Gasteiger charge is 2.27. The first kappa shape index (κ1) is 17.3. The molecule has 0 spiro atoms. The van der Waals surface area contributed by atoms with Crippen molar-refractivity contribution in [2.24, 2.45) is 17.3 Å². The molecule has 21 heavy (non-hydrogen) atoms. The van der Waals surface area contributed by atoms with Gasteiger partial charge in [0.15, 0.2) is 0 Å². The van der Waals surface area contributed by atoms with E-state index in [-0.39, 0.29) is 0 Å². The Kier molecular flexibility index (Phi) is 6.55. The Labute approximate surface area is 133 Å². The van der Waals surface area contributed by atoms with E-state index in [1.807, 2.05) is 0 Å². The standard InChI is InChI=1S/C19H38N2/c1-16(15-21-12-5-6-13-21)14-20-18-9-7-8-17(10-11-18)19(2,3)4/h16-18,20H,5-15H2,1-4H3. The summed E-state index contributed by atoms with van der Waals surface area (Å²) < 4.78 is 0. The van der Waals surface area contributed by atoms with E-state index < -0.39 is 0 Å². The lowest BCUT2D eigenvalue weighted by Gasteiger charge is -2.30. The lowest BCUT2D eigenvalue weighted by molar-refractivity contribution is 0.213. The third-order valence-electron chi connectivity index (χ3n) is 5.72. The van der Waals surface area contributed by atoms with Crippen molar-refractivity contribution in [2.75, 3.05) is 26.2 Å². The molecular formula is C19H38N2. The molecule has 2 heteroatoms. The van der Waals surface area contributed by atoms with Gasteiger partial charge in [0.25, 0.3) is 0 Å². The normalized spacial score (nSPS) is 30.3. The first-order valence-electron chi connectivity index (χ1n) is 9.41. The zero-order chi connectivity index (χ0) is 15.3. The van der Waals surface area contributed by atoms with E-state index in [0.29, 0.717) is 5.41 Å². The predicted molar refractivity (Wildman–Crippen MR) is 92.7 cm³/mol. The van der Waals surface area contributed by atoms with Crippen LogP contribution in [-0.4, -0.2) is 37.1 Å². The fourth-order valence-corrected chi connectivity index (χ4v) is 4.21. The maximum Gasteiger partial charge on any atom is 0.00672 e. The second-order valence-corrected chi connectivity index (χ2v) is 8.79. The molecule has 1 saturated carbocycles. The topological polar surface area (TPSA) is 15.3 Å². The molecule has 1 aliphatic heterocycles. The van der Waals surface area contributed by atoms with Crippen LogP contribution in [0.2, 0.25) is 0 Å². The Bertz CT molecular complexity index is 288. The van der Waals surface area contributed by atoms with Crippen LogP contribution in [0.3, 0.4) is 0 Å². The summed E-state index contributed by atoms with van der Waals surface area (Å²) in [5, 5.41) is 3.88. The molecule has 0 bridgehead atoms. The molecule has 3 unspecified atom stereocenters. The molecule has 1 aliphatic carbocycles. The van der Waals surface area contributed by atoms with Crippen LogP contribution in [0.4, 0.5) is 0 Å². The first-order valence-corrected chi connectivity index (χ1v) is 9.41. The third-order valence-corrected chi connectivity index (χ3v) is 5.72. The minimum Gasteiger partial charge on any atom is -0.314 e. The van der Waals surface area contributed by atoms with Crippen LogP contribution in [0, 0.1) is 17.3 Å². The molecule has 0 aromatic carbocycles. The van der Waals surface area contributed by atoms with E-state index in [4.69, 9.17) is 0 Å². The van der Waals surface area contributed by atoms with Crippen LogP contribution < -0.4 is 5.32 Å². The largest absolute Gasteiger partial charge is 0.314 e. The van der Waals surface area contributed by atoms with Crippen molar-refractivity contribution in [2.45, 2.75) is 78.7 Å². The molecule has 0 aromatic rings. The molecule has 1 saturated heterocycles. The van der Waals surface area contributed by atoms with Crippen molar-refractivity contribution in [1.29, 1.82) is 0 Å². The Hall–Kier alpha value is -0.0800. The van der Waals surface area contributed by atoms with Crippen molar-refractivity contribution < 1.29 is 0 Å². The van der Waals surface area contributed by atoms with Crippen LogP contribution in [0.1, 0.15) is 72.6 Å². The summed E-state index contributed by atoms with van der Waals surface area (Å²) >= 11 is 0. The lowest BCUT2D eigenvalue weighted by atomic mass is 9.76. The zero-order valence-corrected chi connectivity index (χ0v) is 15.0. The fraction of sp³-hybridized carbons (Fsp3) is 1.00. The number of likely N-dealkylation sites (tertiary alicyclic amines) is 1. The van der Waals surface area contributed by atoms with Gasteiger partial charge in [0.2, 0.25) is 0 Å². The van der Waals surface area contributed by atoms with E-state index in [1.54, 1.807) is 0 Å². The van der Waals surface area contributed by atoms with E-state index >= 15 is 0 Å². The number of hydrogen-bond donors (Lipinski definition) is 1. The molecule has 2 fully saturated rings. The van der Waals surface area contributed by atoms with Gasteiger partial charge < -0.3 is 10.2 Å². The van der Waals surface area contributed by atoms with E-state index in [1.165, 1.54) is 71.1 Å². The number of nitrogens with zero attached hydrogens (tertiary/aromatic N) is 1. The van der Waals surface area contributed by atoms with Gasteiger partial charge in [0.05, 0.1) is 0 Å². The molecule has 1 heterocycles. The van der Waals surface area contributed by atoms with Gasteiger partial charge >= 0.3 is 0 Å². The molecule has 3 atom stereocenters. The van der Waals surface area contributed by atoms with Crippen molar-refractivity contribution in [3.8, 4) is 0 Å². The van der Waals surface area contributed by atoms with Crippen molar-refractivity contribution in [3.63, 3.8) is 0 Å². The van der Waals surface area contributed by atoms with Crippen LogP contribution in [0.15, 0.2) is 0 Å². The average Bonchev–Trinajstić information content (AvgIpc) is 2.77. The molecule has 0 radical (unpaired) electrons. The Balaban J connectivity index is 1.66. The average molecular weight is 295 g/mol. The predicted octanol–water partition coefficient (Wildman–Crippen LogP) is 4.30. The van der Waals surface area contributed by atoms with E-state index in [0.717, 1.165) is 17.9 Å². The van der Waals surface area contributed by atoms with Gasteiger partial charge in [-0.25, -0.2) is 0 Å². The van der Waals surface area contributed by atoms with E-state index in [9.17, 15) is 0 Å². The van der Waals surface area contributed by atoms with Crippen LogP contribution >= 0.6 is 0 Å². The quantitative estimate of drug-likeness (QED) is 0.760. The number of nitrogens with one attached hydrogen (secondary N) is 1. The van der Waals surface area contributed by atoms with Gasteiger partial charge in [-0.05, 0) is 75.4 Å². The molecule has 2 rings (SSSR count).